The predicted molar refractivity (Wildman–Crippen MR) is 71.7 cm³/mol. The quantitative estimate of drug-likeness (QED) is 0.312. The van der Waals surface area contributed by atoms with E-state index in [-0.39, 0.29) is 18.7 Å². The number of ether oxygens (including phenoxy) is 2. The number of rotatable bonds is 8. The smallest absolute Gasteiger partial charge is 0.163 e. The van der Waals surface area contributed by atoms with Crippen LogP contribution in [0.5, 0.6) is 11.5 Å². The molecule has 0 spiro atoms. The number of ketones is 1. The average Bonchev–Trinajstić information content (AvgIpc) is 2.41. The van der Waals surface area contributed by atoms with Crippen molar-refractivity contribution in [3.05, 3.63) is 34.2 Å². The lowest BCUT2D eigenvalue weighted by Gasteiger charge is -2.11. The SMILES string of the molecule is CCOc1ccc(C(=O)CCN=[N+]=[N-])cc1OCC. The third-order valence-corrected chi connectivity index (χ3v) is 2.37. The van der Waals surface area contributed by atoms with Crippen molar-refractivity contribution in [3.8, 4) is 11.5 Å². The molecule has 0 unspecified atom stereocenters. The first-order valence-corrected chi connectivity index (χ1v) is 6.16. The molecule has 0 fully saturated rings. The van der Waals surface area contributed by atoms with Crippen LogP contribution < -0.4 is 9.47 Å². The summed E-state index contributed by atoms with van der Waals surface area (Å²) < 4.78 is 10.9. The second-order valence-corrected chi connectivity index (χ2v) is 3.66. The first-order valence-electron chi connectivity index (χ1n) is 6.16. The van der Waals surface area contributed by atoms with Crippen LogP contribution in [0.4, 0.5) is 0 Å². The number of carbonyl (C=O) groups is 1. The lowest BCUT2D eigenvalue weighted by Crippen LogP contribution is -2.04. The molecule has 6 heteroatoms. The van der Waals surface area contributed by atoms with Gasteiger partial charge < -0.3 is 9.47 Å². The van der Waals surface area contributed by atoms with E-state index in [0.29, 0.717) is 30.3 Å². The first kappa shape index (κ1) is 14.9. The number of nitrogens with zero attached hydrogens (tertiary/aromatic N) is 3. The largest absolute Gasteiger partial charge is 0.490 e. The molecular formula is C13H17N3O3. The molecule has 0 aromatic heterocycles. The molecule has 0 aliphatic heterocycles. The van der Waals surface area contributed by atoms with Crippen molar-refractivity contribution < 1.29 is 14.3 Å². The van der Waals surface area contributed by atoms with Gasteiger partial charge in [0.25, 0.3) is 0 Å². The maximum absolute atomic E-state index is 11.9. The number of hydrogen-bond donors (Lipinski definition) is 0. The lowest BCUT2D eigenvalue weighted by molar-refractivity contribution is 0.0985. The standard InChI is InChI=1S/C13H17N3O3/c1-3-18-12-6-5-10(9-13(12)19-4-2)11(17)7-8-15-16-14/h5-6,9H,3-4,7-8H2,1-2H3. The van der Waals surface area contributed by atoms with E-state index < -0.39 is 0 Å². The molecule has 1 aromatic rings. The molecular weight excluding hydrogens is 246 g/mol. The number of carbonyl (C=O) groups excluding carboxylic acids is 1. The maximum atomic E-state index is 11.9. The van der Waals surface area contributed by atoms with Gasteiger partial charge in [0, 0.05) is 23.4 Å². The van der Waals surface area contributed by atoms with E-state index >= 15 is 0 Å². The Morgan fingerprint density at radius 2 is 1.95 bits per heavy atom. The van der Waals surface area contributed by atoms with Gasteiger partial charge in [0.2, 0.25) is 0 Å². The summed E-state index contributed by atoms with van der Waals surface area (Å²) in [6, 6.07) is 5.06. The van der Waals surface area contributed by atoms with E-state index in [1.165, 1.54) is 0 Å². The summed E-state index contributed by atoms with van der Waals surface area (Å²) in [4.78, 5) is 14.5. The minimum atomic E-state index is -0.0867. The highest BCUT2D eigenvalue weighted by atomic mass is 16.5. The van der Waals surface area contributed by atoms with E-state index in [9.17, 15) is 4.79 Å². The molecule has 102 valence electrons. The molecule has 1 rings (SSSR count). The van der Waals surface area contributed by atoms with Gasteiger partial charge in [-0.2, -0.15) is 0 Å². The first-order chi connectivity index (χ1) is 9.22. The van der Waals surface area contributed by atoms with E-state index in [1.54, 1.807) is 18.2 Å². The van der Waals surface area contributed by atoms with Crippen molar-refractivity contribution in [1.82, 2.24) is 0 Å². The topological polar surface area (TPSA) is 84.3 Å². The minimum absolute atomic E-state index is 0.0867. The lowest BCUT2D eigenvalue weighted by atomic mass is 10.1. The van der Waals surface area contributed by atoms with Crippen molar-refractivity contribution in [2.45, 2.75) is 20.3 Å². The Balaban J connectivity index is 2.87. The zero-order valence-electron chi connectivity index (χ0n) is 11.1. The molecule has 0 radical (unpaired) electrons. The molecule has 0 saturated carbocycles. The summed E-state index contributed by atoms with van der Waals surface area (Å²) in [6.45, 7) is 4.94. The number of benzene rings is 1. The van der Waals surface area contributed by atoms with Gasteiger partial charge in [-0.25, -0.2) is 0 Å². The highest BCUT2D eigenvalue weighted by molar-refractivity contribution is 5.96. The van der Waals surface area contributed by atoms with Crippen LogP contribution in [0.25, 0.3) is 10.4 Å². The Hall–Kier alpha value is -2.20. The zero-order chi connectivity index (χ0) is 14.1. The fraction of sp³-hybridized carbons (Fsp3) is 0.462. The van der Waals surface area contributed by atoms with Crippen molar-refractivity contribution in [2.24, 2.45) is 5.11 Å². The van der Waals surface area contributed by atoms with Crippen molar-refractivity contribution in [3.63, 3.8) is 0 Å². The van der Waals surface area contributed by atoms with Gasteiger partial charge in [-0.1, -0.05) is 5.11 Å². The minimum Gasteiger partial charge on any atom is -0.490 e. The average molecular weight is 263 g/mol. The van der Waals surface area contributed by atoms with Crippen LogP contribution in [-0.4, -0.2) is 25.5 Å². The van der Waals surface area contributed by atoms with E-state index in [2.05, 4.69) is 10.0 Å². The Bertz CT molecular complexity index is 482. The molecule has 1 aromatic carbocycles. The Morgan fingerprint density at radius 1 is 1.26 bits per heavy atom. The molecule has 0 bridgehead atoms. The summed E-state index contributed by atoms with van der Waals surface area (Å²) in [6.07, 6.45) is 0.184. The number of hydrogen-bond acceptors (Lipinski definition) is 4. The molecule has 0 N–H and O–H groups in total. The van der Waals surface area contributed by atoms with Gasteiger partial charge in [-0.15, -0.1) is 0 Å². The van der Waals surface area contributed by atoms with Crippen molar-refractivity contribution in [1.29, 1.82) is 0 Å². The van der Waals surface area contributed by atoms with Gasteiger partial charge >= 0.3 is 0 Å². The second-order valence-electron chi connectivity index (χ2n) is 3.66. The summed E-state index contributed by atoms with van der Waals surface area (Å²) in [5.74, 6) is 1.09. The third kappa shape index (κ3) is 4.52. The molecule has 19 heavy (non-hydrogen) atoms. The highest BCUT2D eigenvalue weighted by Crippen LogP contribution is 2.28. The Labute approximate surface area is 112 Å². The molecule has 0 atom stereocenters. The maximum Gasteiger partial charge on any atom is 0.163 e. The number of azide groups is 1. The zero-order valence-corrected chi connectivity index (χ0v) is 11.1. The Morgan fingerprint density at radius 3 is 2.58 bits per heavy atom. The Kier molecular flexibility index (Phi) is 6.26. The van der Waals surface area contributed by atoms with Gasteiger partial charge in [-0.3, -0.25) is 4.79 Å². The molecule has 0 heterocycles. The summed E-state index contributed by atoms with van der Waals surface area (Å²) in [7, 11) is 0. The fourth-order valence-electron chi connectivity index (χ4n) is 1.57. The van der Waals surface area contributed by atoms with Crippen LogP contribution in [0.3, 0.4) is 0 Å². The van der Waals surface area contributed by atoms with Gasteiger partial charge in [-0.05, 0) is 37.6 Å². The van der Waals surface area contributed by atoms with Crippen LogP contribution in [0.1, 0.15) is 30.6 Å². The van der Waals surface area contributed by atoms with E-state index in [0.717, 1.165) is 0 Å². The molecule has 6 nitrogen and oxygen atoms in total. The molecule has 0 aliphatic rings. The molecule has 0 saturated heterocycles. The van der Waals surface area contributed by atoms with Crippen LogP contribution in [0, 0.1) is 0 Å². The summed E-state index contributed by atoms with van der Waals surface area (Å²) in [5, 5.41) is 3.35. The highest BCUT2D eigenvalue weighted by Gasteiger charge is 2.11. The van der Waals surface area contributed by atoms with Crippen LogP contribution in [0.2, 0.25) is 0 Å². The van der Waals surface area contributed by atoms with Gasteiger partial charge in [0.05, 0.1) is 13.2 Å². The van der Waals surface area contributed by atoms with Crippen molar-refractivity contribution in [2.75, 3.05) is 19.8 Å². The summed E-state index contributed by atoms with van der Waals surface area (Å²) in [5.41, 5.74) is 8.70. The fourth-order valence-corrected chi connectivity index (χ4v) is 1.57. The van der Waals surface area contributed by atoms with Crippen LogP contribution in [-0.2, 0) is 0 Å². The molecule has 0 aliphatic carbocycles. The van der Waals surface area contributed by atoms with Crippen LogP contribution >= 0.6 is 0 Å². The van der Waals surface area contributed by atoms with E-state index in [1.807, 2.05) is 13.8 Å². The second kappa shape index (κ2) is 8.00. The monoisotopic (exact) mass is 263 g/mol. The third-order valence-electron chi connectivity index (χ3n) is 2.37. The van der Waals surface area contributed by atoms with Crippen LogP contribution in [0.15, 0.2) is 23.3 Å². The molecule has 0 amide bonds. The summed E-state index contributed by atoms with van der Waals surface area (Å²) >= 11 is 0. The number of Topliss-reactive ketones (excluding diaryl/α,β-unsaturated/α-hetero) is 1. The predicted octanol–water partition coefficient (Wildman–Crippen LogP) is 3.37. The van der Waals surface area contributed by atoms with Gasteiger partial charge in [0.15, 0.2) is 17.3 Å². The van der Waals surface area contributed by atoms with E-state index in [4.69, 9.17) is 15.0 Å². The van der Waals surface area contributed by atoms with Gasteiger partial charge in [0.1, 0.15) is 0 Å². The van der Waals surface area contributed by atoms with Crippen molar-refractivity contribution >= 4 is 5.78 Å². The normalized spacial score (nSPS) is 9.58.